The number of aromatic nitrogens is 1. The van der Waals surface area contributed by atoms with Gasteiger partial charge in [-0.3, -0.25) is 9.78 Å². The number of carbonyl (C=O) groups is 1. The molecule has 1 aromatic heterocycles. The molecule has 4 aliphatic rings. The van der Waals surface area contributed by atoms with E-state index in [1.54, 1.807) is 19.4 Å². The Bertz CT molecular complexity index is 966. The molecule has 0 spiro atoms. The number of ether oxygens (including phenoxy) is 1. The van der Waals surface area contributed by atoms with E-state index in [0.717, 1.165) is 37.0 Å². The Morgan fingerprint density at radius 1 is 1.30 bits per heavy atom. The Balaban J connectivity index is 1.43. The summed E-state index contributed by atoms with van der Waals surface area (Å²) in [5.74, 6) is 0.596. The summed E-state index contributed by atoms with van der Waals surface area (Å²) in [6, 6.07) is 9.23. The summed E-state index contributed by atoms with van der Waals surface area (Å²) < 4.78 is 5.51. The van der Waals surface area contributed by atoms with E-state index in [9.17, 15) is 4.79 Å². The van der Waals surface area contributed by atoms with Crippen molar-refractivity contribution in [1.29, 1.82) is 0 Å². The van der Waals surface area contributed by atoms with Crippen LogP contribution in [0.2, 0.25) is 0 Å². The fraction of sp³-hybridized carbons (Fsp3) is 0.520. The number of hydrogen-bond donors (Lipinski definition) is 2. The number of pyridine rings is 1. The second-order valence-corrected chi connectivity index (χ2v) is 9.67. The standard InChI is InChI=1S/C25H31N3O2/c1-3-4-5-17-10-16-11-18(30-2)6-7-19(16)22(28-17)25-13-24(14-25,15-25)21-12-27-9-8-20(21)23(26)29/h6-9,11-12,17,22,28H,3-5,10,13-15H2,1-2H3,(H2,26,29)/t17-,22?,24?,25?/m0/s1. The van der Waals surface area contributed by atoms with Gasteiger partial charge in [0.05, 0.1) is 7.11 Å². The van der Waals surface area contributed by atoms with Crippen molar-refractivity contribution in [2.75, 3.05) is 7.11 Å². The first-order valence-electron chi connectivity index (χ1n) is 11.2. The van der Waals surface area contributed by atoms with Crippen LogP contribution in [-0.2, 0) is 11.8 Å². The van der Waals surface area contributed by atoms with E-state index < -0.39 is 0 Å². The predicted molar refractivity (Wildman–Crippen MR) is 117 cm³/mol. The third-order valence-corrected chi connectivity index (χ3v) is 7.78. The average Bonchev–Trinajstić information content (AvgIpc) is 2.70. The number of rotatable bonds is 7. The molecule has 2 heterocycles. The maximum absolute atomic E-state index is 11.9. The highest BCUT2D eigenvalue weighted by atomic mass is 16.5. The van der Waals surface area contributed by atoms with E-state index in [1.165, 1.54) is 30.4 Å². The van der Waals surface area contributed by atoms with Crippen LogP contribution >= 0.6 is 0 Å². The minimum atomic E-state index is -0.348. The summed E-state index contributed by atoms with van der Waals surface area (Å²) in [6.07, 6.45) is 11.5. The number of amides is 1. The van der Waals surface area contributed by atoms with E-state index >= 15 is 0 Å². The van der Waals surface area contributed by atoms with Crippen LogP contribution in [0.15, 0.2) is 36.7 Å². The summed E-state index contributed by atoms with van der Waals surface area (Å²) >= 11 is 0. The zero-order valence-corrected chi connectivity index (χ0v) is 17.9. The number of unbranched alkanes of at least 4 members (excludes halogenated alkanes) is 1. The Kier molecular flexibility index (Phi) is 4.62. The SMILES string of the molecule is CCCC[C@H]1Cc2cc(OC)ccc2C(C23CC(c4cnccc4C(N)=O)(C2)C3)N1. The molecule has 1 aromatic carbocycles. The van der Waals surface area contributed by atoms with Crippen LogP contribution in [0.4, 0.5) is 0 Å². The number of methoxy groups -OCH3 is 1. The lowest BCUT2D eigenvalue weighted by Gasteiger charge is -2.74. The molecule has 5 nitrogen and oxygen atoms in total. The van der Waals surface area contributed by atoms with E-state index in [2.05, 4.69) is 35.4 Å². The van der Waals surface area contributed by atoms with Crippen molar-refractivity contribution >= 4 is 5.91 Å². The van der Waals surface area contributed by atoms with Gasteiger partial charge in [-0.1, -0.05) is 25.8 Å². The molecule has 158 valence electrons. The van der Waals surface area contributed by atoms with Gasteiger partial charge < -0.3 is 15.8 Å². The summed E-state index contributed by atoms with van der Waals surface area (Å²) in [7, 11) is 1.74. The summed E-state index contributed by atoms with van der Waals surface area (Å²) in [5, 5.41) is 4.02. The van der Waals surface area contributed by atoms with Crippen LogP contribution in [0, 0.1) is 5.41 Å². The van der Waals surface area contributed by atoms with Gasteiger partial charge in [0, 0.05) is 30.0 Å². The minimum Gasteiger partial charge on any atom is -0.497 e. The van der Waals surface area contributed by atoms with Gasteiger partial charge in [-0.15, -0.1) is 0 Å². The van der Waals surface area contributed by atoms with Gasteiger partial charge in [0.1, 0.15) is 5.75 Å². The van der Waals surface area contributed by atoms with Crippen LogP contribution in [0.1, 0.15) is 78.5 Å². The van der Waals surface area contributed by atoms with Crippen LogP contribution in [0.3, 0.4) is 0 Å². The minimum absolute atomic E-state index is 0.0727. The van der Waals surface area contributed by atoms with E-state index in [4.69, 9.17) is 10.5 Å². The Hall–Kier alpha value is -2.40. The number of nitrogens with two attached hydrogens (primary N) is 1. The molecule has 30 heavy (non-hydrogen) atoms. The van der Waals surface area contributed by atoms with Gasteiger partial charge in [-0.05, 0) is 77.8 Å². The first kappa shape index (κ1) is 19.6. The van der Waals surface area contributed by atoms with E-state index in [0.29, 0.717) is 17.6 Å². The highest BCUT2D eigenvalue weighted by Gasteiger charge is 2.72. The number of hydrogen-bond acceptors (Lipinski definition) is 4. The maximum Gasteiger partial charge on any atom is 0.249 e. The van der Waals surface area contributed by atoms with Crippen LogP contribution in [0.25, 0.3) is 0 Å². The van der Waals surface area contributed by atoms with Crippen molar-refractivity contribution in [3.8, 4) is 5.75 Å². The number of nitrogens with zero attached hydrogens (tertiary/aromatic N) is 1. The fourth-order valence-electron chi connectivity index (χ4n) is 6.45. The number of carbonyl (C=O) groups excluding carboxylic acids is 1. The van der Waals surface area contributed by atoms with Crippen molar-refractivity contribution in [3.05, 3.63) is 58.9 Å². The molecule has 1 amide bonds. The molecular weight excluding hydrogens is 374 g/mol. The maximum atomic E-state index is 11.9. The lowest BCUT2D eigenvalue weighted by atomic mass is 9.31. The number of primary amides is 1. The van der Waals surface area contributed by atoms with Gasteiger partial charge in [0.15, 0.2) is 0 Å². The highest BCUT2D eigenvalue weighted by molar-refractivity contribution is 5.94. The highest BCUT2D eigenvalue weighted by Crippen LogP contribution is 2.78. The molecule has 1 unspecified atom stereocenters. The molecule has 3 saturated carbocycles. The second kappa shape index (κ2) is 7.09. The van der Waals surface area contributed by atoms with Crippen molar-refractivity contribution in [1.82, 2.24) is 10.3 Å². The normalized spacial score (nSPS) is 31.3. The molecular formula is C25H31N3O2. The first-order chi connectivity index (χ1) is 14.5. The molecule has 1 aliphatic heterocycles. The average molecular weight is 406 g/mol. The molecule has 2 aromatic rings. The van der Waals surface area contributed by atoms with Crippen LogP contribution in [0.5, 0.6) is 5.75 Å². The Morgan fingerprint density at radius 3 is 2.80 bits per heavy atom. The first-order valence-corrected chi connectivity index (χ1v) is 11.2. The molecule has 3 aliphatic carbocycles. The van der Waals surface area contributed by atoms with Crippen LogP contribution < -0.4 is 15.8 Å². The van der Waals surface area contributed by atoms with Crippen molar-refractivity contribution < 1.29 is 9.53 Å². The molecule has 6 rings (SSSR count). The van der Waals surface area contributed by atoms with Gasteiger partial charge in [0.2, 0.25) is 5.91 Å². The Morgan fingerprint density at radius 2 is 2.10 bits per heavy atom. The van der Waals surface area contributed by atoms with E-state index in [-0.39, 0.29) is 16.7 Å². The third-order valence-electron chi connectivity index (χ3n) is 7.78. The summed E-state index contributed by atoms with van der Waals surface area (Å²) in [6.45, 7) is 2.26. The number of nitrogens with one attached hydrogen (secondary N) is 1. The van der Waals surface area contributed by atoms with Crippen LogP contribution in [-0.4, -0.2) is 24.0 Å². The van der Waals surface area contributed by atoms with Crippen molar-refractivity contribution in [3.63, 3.8) is 0 Å². The lowest BCUT2D eigenvalue weighted by molar-refractivity contribution is -0.170. The van der Waals surface area contributed by atoms with Gasteiger partial charge in [0.25, 0.3) is 0 Å². The fourth-order valence-corrected chi connectivity index (χ4v) is 6.45. The smallest absolute Gasteiger partial charge is 0.249 e. The zero-order valence-electron chi connectivity index (χ0n) is 17.9. The van der Waals surface area contributed by atoms with Gasteiger partial charge >= 0.3 is 0 Å². The predicted octanol–water partition coefficient (Wildman–Crippen LogP) is 4.06. The molecule has 2 atom stereocenters. The zero-order chi connectivity index (χ0) is 20.9. The second-order valence-electron chi connectivity index (χ2n) is 9.67. The largest absolute Gasteiger partial charge is 0.497 e. The quantitative estimate of drug-likeness (QED) is 0.728. The number of benzene rings is 1. The topological polar surface area (TPSA) is 77.2 Å². The Labute approximate surface area is 178 Å². The molecule has 5 heteroatoms. The molecule has 0 radical (unpaired) electrons. The monoisotopic (exact) mass is 405 g/mol. The van der Waals surface area contributed by atoms with Gasteiger partial charge in [-0.25, -0.2) is 0 Å². The number of fused-ring (bicyclic) bond motifs is 1. The summed E-state index contributed by atoms with van der Waals surface area (Å²) in [4.78, 5) is 16.2. The molecule has 2 bridgehead atoms. The van der Waals surface area contributed by atoms with E-state index in [1.807, 2.05) is 6.20 Å². The molecule has 0 saturated heterocycles. The van der Waals surface area contributed by atoms with Crippen molar-refractivity contribution in [2.45, 2.75) is 69.4 Å². The summed E-state index contributed by atoms with van der Waals surface area (Å²) in [5.41, 5.74) is 10.5. The third kappa shape index (κ3) is 2.86. The molecule has 3 N–H and O–H groups in total. The van der Waals surface area contributed by atoms with Crippen molar-refractivity contribution in [2.24, 2.45) is 11.1 Å². The lowest BCUT2D eigenvalue weighted by Crippen LogP contribution is -2.70. The van der Waals surface area contributed by atoms with Gasteiger partial charge in [-0.2, -0.15) is 0 Å². The molecule has 3 fully saturated rings.